The van der Waals surface area contributed by atoms with Gasteiger partial charge in [0.25, 0.3) is 15.9 Å². The number of sulfonamides is 1. The summed E-state index contributed by atoms with van der Waals surface area (Å²) in [7, 11) is -2.64. The molecule has 0 aliphatic carbocycles. The van der Waals surface area contributed by atoms with Gasteiger partial charge in [-0.1, -0.05) is 17.7 Å². The van der Waals surface area contributed by atoms with Gasteiger partial charge in [0.1, 0.15) is 5.82 Å². The van der Waals surface area contributed by atoms with E-state index in [0.717, 1.165) is 4.31 Å². The van der Waals surface area contributed by atoms with E-state index in [-0.39, 0.29) is 27.7 Å². The fourth-order valence-electron chi connectivity index (χ4n) is 2.56. The molecule has 2 aromatic carbocycles. The van der Waals surface area contributed by atoms with Gasteiger partial charge in [-0.3, -0.25) is 14.1 Å². The molecule has 29 heavy (non-hydrogen) atoms. The van der Waals surface area contributed by atoms with Gasteiger partial charge in [-0.25, -0.2) is 12.8 Å². The molecule has 0 spiro atoms. The summed E-state index contributed by atoms with van der Waals surface area (Å²) in [6.07, 6.45) is 1.60. The molecule has 0 atom stereocenters. The van der Waals surface area contributed by atoms with Crippen molar-refractivity contribution in [2.45, 2.75) is 11.4 Å². The topological polar surface area (TPSA) is 79.4 Å². The highest BCUT2D eigenvalue weighted by molar-refractivity contribution is 7.92. The van der Waals surface area contributed by atoms with E-state index < -0.39 is 21.7 Å². The highest BCUT2D eigenvalue weighted by Crippen LogP contribution is 2.26. The number of hydrogen-bond donors (Lipinski definition) is 1. The zero-order chi connectivity index (χ0) is 21.0. The lowest BCUT2D eigenvalue weighted by Gasteiger charge is -2.20. The lowest BCUT2D eigenvalue weighted by atomic mass is 10.2. The van der Waals surface area contributed by atoms with Crippen molar-refractivity contribution in [1.29, 1.82) is 0 Å². The van der Waals surface area contributed by atoms with Gasteiger partial charge in [0.2, 0.25) is 0 Å². The summed E-state index contributed by atoms with van der Waals surface area (Å²) in [5, 5.41) is 2.78. The minimum atomic E-state index is -3.98. The van der Waals surface area contributed by atoms with Crippen LogP contribution in [-0.2, 0) is 16.6 Å². The number of nitrogens with one attached hydrogen (secondary N) is 1. The van der Waals surface area contributed by atoms with Crippen molar-refractivity contribution < 1.29 is 17.6 Å². The highest BCUT2D eigenvalue weighted by Gasteiger charge is 2.24. The molecule has 3 rings (SSSR count). The molecule has 0 saturated carbocycles. The number of hydrogen-bond acceptors (Lipinski definition) is 4. The standard InChI is InChI=1S/C20H17ClFN3O3S/c1-25(16-7-5-14(22)6-8-16)29(27,28)17-9-10-19(21)18(12-17)20(26)24-13-15-4-2-3-11-23-15/h2-12H,13H2,1H3,(H,24,26). The van der Waals surface area contributed by atoms with Crippen LogP contribution in [0.2, 0.25) is 5.02 Å². The Kier molecular flexibility index (Phi) is 6.14. The Morgan fingerprint density at radius 3 is 2.52 bits per heavy atom. The molecular formula is C20H17ClFN3O3S. The van der Waals surface area contributed by atoms with Crippen molar-refractivity contribution in [3.63, 3.8) is 0 Å². The van der Waals surface area contributed by atoms with E-state index in [0.29, 0.717) is 5.69 Å². The third-order valence-corrected chi connectivity index (χ3v) is 6.30. The smallest absolute Gasteiger partial charge is 0.264 e. The third-order valence-electron chi connectivity index (χ3n) is 4.19. The quantitative estimate of drug-likeness (QED) is 0.643. The van der Waals surface area contributed by atoms with Crippen molar-refractivity contribution in [2.24, 2.45) is 0 Å². The molecule has 9 heteroatoms. The van der Waals surface area contributed by atoms with Gasteiger partial charge in [0.15, 0.2) is 0 Å². The van der Waals surface area contributed by atoms with Crippen molar-refractivity contribution >= 4 is 33.2 Å². The minimum absolute atomic E-state index is 0.0242. The van der Waals surface area contributed by atoms with E-state index in [9.17, 15) is 17.6 Å². The Labute approximate surface area is 173 Å². The number of carbonyl (C=O) groups excluding carboxylic acids is 1. The van der Waals surface area contributed by atoms with Gasteiger partial charge in [-0.2, -0.15) is 0 Å². The second-order valence-electron chi connectivity index (χ2n) is 6.09. The van der Waals surface area contributed by atoms with E-state index in [1.54, 1.807) is 24.4 Å². The van der Waals surface area contributed by atoms with Crippen LogP contribution in [0.15, 0.2) is 71.8 Å². The summed E-state index contributed by atoms with van der Waals surface area (Å²) >= 11 is 6.11. The molecule has 0 unspecified atom stereocenters. The normalized spacial score (nSPS) is 11.1. The second-order valence-corrected chi connectivity index (χ2v) is 8.47. The van der Waals surface area contributed by atoms with E-state index in [1.807, 2.05) is 0 Å². The summed E-state index contributed by atoms with van der Waals surface area (Å²) in [6, 6.07) is 14.2. The molecule has 1 heterocycles. The molecule has 0 saturated heterocycles. The lowest BCUT2D eigenvalue weighted by molar-refractivity contribution is 0.0950. The number of aromatic nitrogens is 1. The van der Waals surface area contributed by atoms with E-state index in [4.69, 9.17) is 11.6 Å². The van der Waals surface area contributed by atoms with E-state index >= 15 is 0 Å². The predicted octanol–water partition coefficient (Wildman–Crippen LogP) is 3.63. The Hall–Kier alpha value is -2.97. The van der Waals surface area contributed by atoms with Gasteiger partial charge in [0.05, 0.1) is 33.4 Å². The van der Waals surface area contributed by atoms with Gasteiger partial charge >= 0.3 is 0 Å². The molecule has 0 aliphatic rings. The first kappa shape index (κ1) is 20.8. The molecule has 0 aliphatic heterocycles. The molecule has 150 valence electrons. The Bertz CT molecular complexity index is 1120. The molecule has 1 N–H and O–H groups in total. The Morgan fingerprint density at radius 1 is 1.14 bits per heavy atom. The maximum Gasteiger partial charge on any atom is 0.264 e. The van der Waals surface area contributed by atoms with Crippen molar-refractivity contribution in [3.8, 4) is 0 Å². The Balaban J connectivity index is 1.85. The number of nitrogens with zero attached hydrogens (tertiary/aromatic N) is 2. The molecule has 0 radical (unpaired) electrons. The summed E-state index contributed by atoms with van der Waals surface area (Å²) in [4.78, 5) is 16.5. The van der Waals surface area contributed by atoms with E-state index in [2.05, 4.69) is 10.3 Å². The zero-order valence-corrected chi connectivity index (χ0v) is 16.9. The molecule has 1 amide bonds. The van der Waals surface area contributed by atoms with Crippen LogP contribution in [0.1, 0.15) is 16.1 Å². The second kappa shape index (κ2) is 8.59. The number of rotatable bonds is 6. The van der Waals surface area contributed by atoms with Gasteiger partial charge in [0, 0.05) is 13.2 Å². The van der Waals surface area contributed by atoms with Gasteiger partial charge in [-0.15, -0.1) is 0 Å². The summed E-state index contributed by atoms with van der Waals surface area (Å²) in [6.45, 7) is 0.169. The summed E-state index contributed by atoms with van der Waals surface area (Å²) in [5.41, 5.74) is 0.954. The fourth-order valence-corrected chi connectivity index (χ4v) is 3.98. The van der Waals surface area contributed by atoms with Crippen LogP contribution in [0.4, 0.5) is 10.1 Å². The molecule has 0 fully saturated rings. The van der Waals surface area contributed by atoms with Gasteiger partial charge in [-0.05, 0) is 54.6 Å². The number of amides is 1. The molecular weight excluding hydrogens is 417 g/mol. The number of anilines is 1. The van der Waals surface area contributed by atoms with Crippen LogP contribution < -0.4 is 9.62 Å². The number of benzene rings is 2. The first-order valence-corrected chi connectivity index (χ1v) is 10.3. The maximum absolute atomic E-state index is 13.1. The van der Waals surface area contributed by atoms with Crippen LogP contribution in [0.25, 0.3) is 0 Å². The number of halogens is 2. The average molecular weight is 434 g/mol. The lowest BCUT2D eigenvalue weighted by Crippen LogP contribution is -2.28. The fraction of sp³-hybridized carbons (Fsp3) is 0.100. The van der Waals surface area contributed by atoms with Crippen molar-refractivity contribution in [1.82, 2.24) is 10.3 Å². The van der Waals surface area contributed by atoms with Crippen LogP contribution in [0.5, 0.6) is 0 Å². The number of pyridine rings is 1. The first-order chi connectivity index (χ1) is 13.8. The predicted molar refractivity (Wildman–Crippen MR) is 109 cm³/mol. The van der Waals surface area contributed by atoms with Gasteiger partial charge < -0.3 is 5.32 Å². The molecule has 1 aromatic heterocycles. The largest absolute Gasteiger partial charge is 0.346 e. The van der Waals surface area contributed by atoms with Crippen LogP contribution in [-0.4, -0.2) is 26.4 Å². The van der Waals surface area contributed by atoms with Crippen LogP contribution >= 0.6 is 11.6 Å². The summed E-state index contributed by atoms with van der Waals surface area (Å²) < 4.78 is 40.0. The van der Waals surface area contributed by atoms with E-state index in [1.165, 1.54) is 49.5 Å². The first-order valence-electron chi connectivity index (χ1n) is 8.51. The van der Waals surface area contributed by atoms with Crippen molar-refractivity contribution in [2.75, 3.05) is 11.4 Å². The molecule has 3 aromatic rings. The summed E-state index contributed by atoms with van der Waals surface area (Å²) in [5.74, 6) is -1.000. The van der Waals surface area contributed by atoms with Crippen molar-refractivity contribution in [3.05, 3.63) is 89.0 Å². The average Bonchev–Trinajstić information content (AvgIpc) is 2.73. The Morgan fingerprint density at radius 2 is 1.86 bits per heavy atom. The molecule has 6 nitrogen and oxygen atoms in total. The SMILES string of the molecule is CN(c1ccc(F)cc1)S(=O)(=O)c1ccc(Cl)c(C(=O)NCc2ccccn2)c1. The zero-order valence-electron chi connectivity index (χ0n) is 15.3. The van der Waals surface area contributed by atoms with Crippen LogP contribution in [0, 0.1) is 5.82 Å². The third kappa shape index (κ3) is 4.72. The maximum atomic E-state index is 13.1. The minimum Gasteiger partial charge on any atom is -0.346 e. The van der Waals surface area contributed by atoms with Crippen LogP contribution in [0.3, 0.4) is 0 Å². The highest BCUT2D eigenvalue weighted by atomic mass is 35.5. The monoisotopic (exact) mass is 433 g/mol. The number of carbonyl (C=O) groups is 1. The molecule has 0 bridgehead atoms.